The van der Waals surface area contributed by atoms with Crippen molar-refractivity contribution in [2.45, 2.75) is 25.4 Å². The van der Waals surface area contributed by atoms with Crippen LogP contribution in [-0.4, -0.2) is 19.4 Å². The lowest BCUT2D eigenvalue weighted by atomic mass is 10.2. The Morgan fingerprint density at radius 1 is 1.30 bits per heavy atom. The summed E-state index contributed by atoms with van der Waals surface area (Å²) in [5, 5.41) is 0.328. The molecule has 6 nitrogen and oxygen atoms in total. The summed E-state index contributed by atoms with van der Waals surface area (Å²) in [5.74, 6) is 0.983. The molecule has 114 valence electrons. The Bertz CT molecular complexity index is 926. The summed E-state index contributed by atoms with van der Waals surface area (Å²) in [6.07, 6.45) is 7.68. The van der Waals surface area contributed by atoms with Gasteiger partial charge in [0.25, 0.3) is 0 Å². The maximum atomic E-state index is 7.36. The van der Waals surface area contributed by atoms with E-state index in [0.717, 1.165) is 5.69 Å². The third kappa shape index (κ3) is 2.83. The van der Waals surface area contributed by atoms with Gasteiger partial charge in [0, 0.05) is 18.5 Å². The van der Waals surface area contributed by atoms with Crippen molar-refractivity contribution in [2.24, 2.45) is 0 Å². The molecule has 0 bridgehead atoms. The fourth-order valence-corrected chi connectivity index (χ4v) is 2.63. The molecule has 0 aromatic carbocycles. The van der Waals surface area contributed by atoms with E-state index in [1.54, 1.807) is 6.07 Å². The van der Waals surface area contributed by atoms with Crippen LogP contribution < -0.4 is 4.74 Å². The van der Waals surface area contributed by atoms with E-state index in [-0.39, 0.29) is 6.61 Å². The van der Waals surface area contributed by atoms with Crippen LogP contribution in [0.1, 0.15) is 30.0 Å². The van der Waals surface area contributed by atoms with Crippen LogP contribution in [-0.2, 0) is 6.61 Å². The lowest BCUT2D eigenvalue weighted by Crippen LogP contribution is -1.97. The highest BCUT2D eigenvalue weighted by Gasteiger charge is 2.25. The van der Waals surface area contributed by atoms with Crippen LogP contribution >= 0.6 is 11.6 Å². The van der Waals surface area contributed by atoms with Gasteiger partial charge in [0.05, 0.1) is 12.3 Å². The van der Waals surface area contributed by atoms with Crippen molar-refractivity contribution in [3.8, 4) is 5.88 Å². The van der Waals surface area contributed by atoms with E-state index in [0.29, 0.717) is 28.3 Å². The van der Waals surface area contributed by atoms with Crippen molar-refractivity contribution in [1.29, 1.82) is 0 Å². The van der Waals surface area contributed by atoms with Crippen LogP contribution in [0.3, 0.4) is 0 Å². The molecule has 3 aromatic rings. The molecule has 3 heterocycles. The fourth-order valence-electron chi connectivity index (χ4n) is 2.49. The Kier molecular flexibility index (Phi) is 3.36. The maximum Gasteiger partial charge on any atom is 0.229 e. The molecule has 23 heavy (non-hydrogen) atoms. The first-order valence-electron chi connectivity index (χ1n) is 7.22. The molecule has 0 aliphatic heterocycles. The second-order valence-corrected chi connectivity index (χ2v) is 5.86. The fraction of sp³-hybridized carbons (Fsp3) is 0.250. The zero-order valence-electron chi connectivity index (χ0n) is 12.1. The number of fused-ring (bicyclic) bond motifs is 1. The van der Waals surface area contributed by atoms with E-state index in [9.17, 15) is 0 Å². The van der Waals surface area contributed by atoms with Crippen LogP contribution in [0.5, 0.6) is 5.88 Å². The molecule has 0 atom stereocenters. The molecule has 1 aliphatic rings. The normalized spacial score (nSPS) is 13.9. The van der Waals surface area contributed by atoms with Gasteiger partial charge >= 0.3 is 0 Å². The summed E-state index contributed by atoms with van der Waals surface area (Å²) in [6, 6.07) is 3.49. The molecule has 0 N–H and O–H groups in total. The van der Waals surface area contributed by atoms with Gasteiger partial charge in [-0.15, -0.1) is 0 Å². The topological polar surface area (TPSA) is 56.7 Å². The number of rotatable bonds is 4. The van der Waals surface area contributed by atoms with Gasteiger partial charge in [-0.1, -0.05) is 11.6 Å². The molecule has 1 saturated carbocycles. The van der Waals surface area contributed by atoms with Crippen molar-refractivity contribution in [1.82, 2.24) is 19.4 Å². The van der Waals surface area contributed by atoms with Gasteiger partial charge in [-0.25, -0.2) is 19.8 Å². The largest absolute Gasteiger partial charge is 0.471 e. The van der Waals surface area contributed by atoms with Gasteiger partial charge in [-0.2, -0.15) is 0 Å². The summed E-state index contributed by atoms with van der Waals surface area (Å²) < 4.78 is 7.49. The number of aromatic nitrogens is 4. The van der Waals surface area contributed by atoms with Gasteiger partial charge < -0.3 is 9.14 Å². The van der Waals surface area contributed by atoms with E-state index in [2.05, 4.69) is 26.0 Å². The SMILES string of the molecule is [C-]#[N+]c1cc(C2CC2)cn2cc(COc3cc(Cl)ncn3)nc12. The molecule has 3 aromatic heterocycles. The maximum absolute atomic E-state index is 7.36. The van der Waals surface area contributed by atoms with Gasteiger partial charge in [0.1, 0.15) is 23.7 Å². The number of hydrogen-bond donors (Lipinski definition) is 0. The van der Waals surface area contributed by atoms with E-state index in [1.807, 2.05) is 16.7 Å². The summed E-state index contributed by atoms with van der Waals surface area (Å²) in [7, 11) is 0. The zero-order chi connectivity index (χ0) is 15.8. The highest BCUT2D eigenvalue weighted by Crippen LogP contribution is 2.41. The molecule has 0 saturated heterocycles. The zero-order valence-corrected chi connectivity index (χ0v) is 12.9. The molecule has 0 radical (unpaired) electrons. The predicted molar refractivity (Wildman–Crippen MR) is 84.8 cm³/mol. The summed E-state index contributed by atoms with van der Waals surface area (Å²) in [6.45, 7) is 7.62. The Labute approximate surface area is 137 Å². The number of pyridine rings is 1. The van der Waals surface area contributed by atoms with Crippen LogP contribution in [0, 0.1) is 6.57 Å². The van der Waals surface area contributed by atoms with Crippen molar-refractivity contribution in [3.63, 3.8) is 0 Å². The van der Waals surface area contributed by atoms with Gasteiger partial charge in [-0.05, 0) is 30.4 Å². The molecular weight excluding hydrogens is 314 g/mol. The quantitative estimate of drug-likeness (QED) is 0.541. The lowest BCUT2D eigenvalue weighted by molar-refractivity contribution is 0.289. The van der Waals surface area contributed by atoms with Crippen LogP contribution in [0.25, 0.3) is 10.5 Å². The van der Waals surface area contributed by atoms with Gasteiger partial charge in [0.2, 0.25) is 11.6 Å². The molecule has 1 fully saturated rings. The number of hydrogen-bond acceptors (Lipinski definition) is 4. The smallest absolute Gasteiger partial charge is 0.229 e. The average molecular weight is 326 g/mol. The monoisotopic (exact) mass is 325 g/mol. The minimum atomic E-state index is 0.255. The van der Waals surface area contributed by atoms with E-state index in [1.165, 1.54) is 24.7 Å². The standard InChI is InChI=1S/C16H12ClN5O/c1-18-13-4-11(10-2-3-10)6-22-7-12(21-16(13)22)8-23-15-5-14(17)19-9-20-15/h4-7,9-10H,2-3,8H2. The van der Waals surface area contributed by atoms with Gasteiger partial charge in [0.15, 0.2) is 0 Å². The first kappa shape index (κ1) is 14.0. The first-order valence-corrected chi connectivity index (χ1v) is 7.60. The molecule has 4 rings (SSSR count). The van der Waals surface area contributed by atoms with Crippen LogP contribution in [0.15, 0.2) is 30.9 Å². The summed E-state index contributed by atoms with van der Waals surface area (Å²) >= 11 is 5.80. The Balaban J connectivity index is 1.62. The highest BCUT2D eigenvalue weighted by molar-refractivity contribution is 6.29. The second-order valence-electron chi connectivity index (χ2n) is 5.48. The average Bonchev–Trinajstić information content (AvgIpc) is 3.32. The van der Waals surface area contributed by atoms with Crippen LogP contribution in [0.2, 0.25) is 5.15 Å². The number of ether oxygens (including phenoxy) is 1. The minimum absolute atomic E-state index is 0.255. The van der Waals surface area contributed by atoms with E-state index >= 15 is 0 Å². The summed E-state index contributed by atoms with van der Waals surface area (Å²) in [5.41, 5.74) is 3.17. The Morgan fingerprint density at radius 2 is 2.17 bits per heavy atom. The highest BCUT2D eigenvalue weighted by atomic mass is 35.5. The molecule has 1 aliphatic carbocycles. The van der Waals surface area contributed by atoms with Crippen molar-refractivity contribution in [3.05, 3.63) is 58.7 Å². The number of imidazole rings is 1. The van der Waals surface area contributed by atoms with Crippen molar-refractivity contribution < 1.29 is 4.74 Å². The number of halogens is 1. The van der Waals surface area contributed by atoms with Gasteiger partial charge in [-0.3, -0.25) is 0 Å². The number of nitrogens with zero attached hydrogens (tertiary/aromatic N) is 5. The molecule has 0 unspecified atom stereocenters. The van der Waals surface area contributed by atoms with Crippen LogP contribution in [0.4, 0.5) is 5.69 Å². The molecule has 0 spiro atoms. The Hall–Kier alpha value is -2.65. The predicted octanol–water partition coefficient (Wildman–Crippen LogP) is 3.78. The molecule has 0 amide bonds. The third-order valence-electron chi connectivity index (χ3n) is 3.75. The van der Waals surface area contributed by atoms with Crippen molar-refractivity contribution in [2.75, 3.05) is 0 Å². The van der Waals surface area contributed by atoms with Crippen molar-refractivity contribution >= 4 is 22.9 Å². The Morgan fingerprint density at radius 3 is 2.91 bits per heavy atom. The molecule has 7 heteroatoms. The summed E-state index contributed by atoms with van der Waals surface area (Å²) in [4.78, 5) is 15.9. The third-order valence-corrected chi connectivity index (χ3v) is 3.96. The van der Waals surface area contributed by atoms with E-state index in [4.69, 9.17) is 22.9 Å². The molecular formula is C16H12ClN5O. The lowest BCUT2D eigenvalue weighted by Gasteiger charge is -2.01. The minimum Gasteiger partial charge on any atom is -0.471 e. The van der Waals surface area contributed by atoms with E-state index < -0.39 is 0 Å². The first-order chi connectivity index (χ1) is 11.2. The second kappa shape index (κ2) is 5.52.